The Morgan fingerprint density at radius 2 is 2.38 bits per heavy atom. The highest BCUT2D eigenvalue weighted by Crippen LogP contribution is 2.02. The molecule has 0 radical (unpaired) electrons. The van der Waals surface area contributed by atoms with Gasteiger partial charge in [-0.1, -0.05) is 11.6 Å². The van der Waals surface area contributed by atoms with Gasteiger partial charge in [0, 0.05) is 5.75 Å². The van der Waals surface area contributed by atoms with E-state index in [1.807, 2.05) is 6.26 Å². The number of nitrogens with one attached hydrogen (secondary N) is 1. The lowest BCUT2D eigenvalue weighted by atomic mass is 10.3. The number of aromatic nitrogens is 2. The minimum atomic E-state index is -0.364. The van der Waals surface area contributed by atoms with Crippen molar-refractivity contribution in [2.24, 2.45) is 0 Å². The maximum absolute atomic E-state index is 11.6. The molecule has 0 aliphatic rings. The Bertz CT molecular complexity index is 347. The van der Waals surface area contributed by atoms with Gasteiger partial charge in [0.25, 0.3) is 5.91 Å². The molecule has 2 N–H and O–H groups in total. The fourth-order valence-electron chi connectivity index (χ4n) is 1.03. The maximum Gasteiger partial charge on any atom is 0.271 e. The van der Waals surface area contributed by atoms with Gasteiger partial charge in [-0.25, -0.2) is 9.97 Å². The first-order valence-corrected chi connectivity index (χ1v) is 6.32. The van der Waals surface area contributed by atoms with Gasteiger partial charge in [-0.3, -0.25) is 4.79 Å². The van der Waals surface area contributed by atoms with Crippen molar-refractivity contribution in [3.8, 4) is 0 Å². The molecule has 1 amide bonds. The van der Waals surface area contributed by atoms with Gasteiger partial charge < -0.3 is 10.4 Å². The summed E-state index contributed by atoms with van der Waals surface area (Å²) in [6.07, 6.45) is 4.50. The molecule has 7 heteroatoms. The number of carbonyl (C=O) groups excluding carboxylic acids is 1. The Kier molecular flexibility index (Phi) is 5.51. The second kappa shape index (κ2) is 6.67. The highest BCUT2D eigenvalue weighted by atomic mass is 35.5. The van der Waals surface area contributed by atoms with Gasteiger partial charge in [-0.05, 0) is 6.26 Å². The molecule has 0 unspecified atom stereocenters. The van der Waals surface area contributed by atoms with Crippen LogP contribution in [-0.2, 0) is 0 Å². The average molecular weight is 262 g/mol. The van der Waals surface area contributed by atoms with E-state index >= 15 is 0 Å². The molecule has 0 aliphatic carbocycles. The topological polar surface area (TPSA) is 75.1 Å². The zero-order valence-electron chi connectivity index (χ0n) is 8.68. The van der Waals surface area contributed by atoms with E-state index in [1.54, 1.807) is 11.8 Å². The summed E-state index contributed by atoms with van der Waals surface area (Å²) in [5.41, 5.74) is 0.184. The third-order valence-electron chi connectivity index (χ3n) is 1.78. The summed E-state index contributed by atoms with van der Waals surface area (Å²) >= 11 is 7.09. The second-order valence-corrected chi connectivity index (χ2v) is 4.33. The highest BCUT2D eigenvalue weighted by molar-refractivity contribution is 7.98. The SMILES string of the molecule is CSC[C@H](CO)NC(=O)c1cnc(Cl)cn1. The van der Waals surface area contributed by atoms with Gasteiger partial charge in [-0.15, -0.1) is 0 Å². The number of hydrogen-bond acceptors (Lipinski definition) is 5. The van der Waals surface area contributed by atoms with Crippen LogP contribution >= 0.6 is 23.4 Å². The fourth-order valence-corrected chi connectivity index (χ4v) is 1.72. The van der Waals surface area contributed by atoms with Crippen LogP contribution in [0.15, 0.2) is 12.4 Å². The van der Waals surface area contributed by atoms with Crippen LogP contribution in [0.2, 0.25) is 5.15 Å². The Labute approximate surface area is 103 Å². The van der Waals surface area contributed by atoms with Gasteiger partial charge in [0.05, 0.1) is 25.0 Å². The number of nitrogens with zero attached hydrogens (tertiary/aromatic N) is 2. The monoisotopic (exact) mass is 261 g/mol. The van der Waals surface area contributed by atoms with Crippen LogP contribution in [0.1, 0.15) is 10.5 Å². The minimum Gasteiger partial charge on any atom is -0.394 e. The van der Waals surface area contributed by atoms with E-state index in [9.17, 15) is 4.79 Å². The van der Waals surface area contributed by atoms with Crippen molar-refractivity contribution in [1.29, 1.82) is 0 Å². The second-order valence-electron chi connectivity index (χ2n) is 3.03. The largest absolute Gasteiger partial charge is 0.394 e. The minimum absolute atomic E-state index is 0.104. The van der Waals surface area contributed by atoms with Crippen LogP contribution in [0.3, 0.4) is 0 Å². The molecule has 1 atom stereocenters. The number of halogens is 1. The average Bonchev–Trinajstić information content (AvgIpc) is 2.29. The third kappa shape index (κ3) is 3.96. The number of aliphatic hydroxyl groups is 1. The van der Waals surface area contributed by atoms with Crippen LogP contribution in [0.5, 0.6) is 0 Å². The van der Waals surface area contributed by atoms with Gasteiger partial charge >= 0.3 is 0 Å². The lowest BCUT2D eigenvalue weighted by Gasteiger charge is -2.14. The van der Waals surface area contributed by atoms with Crippen LogP contribution in [0.4, 0.5) is 0 Å². The molecule has 0 aliphatic heterocycles. The summed E-state index contributed by atoms with van der Waals surface area (Å²) in [5.74, 6) is 0.278. The highest BCUT2D eigenvalue weighted by Gasteiger charge is 2.13. The first kappa shape index (κ1) is 13.2. The molecule has 0 aromatic carbocycles. The van der Waals surface area contributed by atoms with Gasteiger partial charge in [0.15, 0.2) is 0 Å². The molecule has 0 saturated carbocycles. The predicted molar refractivity (Wildman–Crippen MR) is 63.8 cm³/mol. The normalized spacial score (nSPS) is 12.2. The van der Waals surface area contributed by atoms with E-state index in [-0.39, 0.29) is 29.4 Å². The summed E-state index contributed by atoms with van der Waals surface area (Å²) in [7, 11) is 0. The molecule has 88 valence electrons. The lowest BCUT2D eigenvalue weighted by molar-refractivity contribution is 0.0918. The Hall–Kier alpha value is -0.850. The van der Waals surface area contributed by atoms with Crippen LogP contribution < -0.4 is 5.32 Å². The van der Waals surface area contributed by atoms with Gasteiger partial charge in [0.2, 0.25) is 0 Å². The lowest BCUT2D eigenvalue weighted by Crippen LogP contribution is -2.39. The molecular formula is C9H12ClN3O2S. The van der Waals surface area contributed by atoms with Crippen LogP contribution in [0, 0.1) is 0 Å². The van der Waals surface area contributed by atoms with Crippen molar-refractivity contribution in [3.63, 3.8) is 0 Å². The third-order valence-corrected chi connectivity index (χ3v) is 2.71. The Morgan fingerprint density at radius 3 is 2.88 bits per heavy atom. The van der Waals surface area contributed by atoms with Crippen molar-refractivity contribution in [1.82, 2.24) is 15.3 Å². The van der Waals surface area contributed by atoms with E-state index in [0.29, 0.717) is 5.75 Å². The molecule has 1 rings (SSSR count). The molecule has 0 fully saturated rings. The van der Waals surface area contributed by atoms with Crippen molar-refractivity contribution >= 4 is 29.3 Å². The van der Waals surface area contributed by atoms with E-state index in [4.69, 9.17) is 16.7 Å². The molecule has 1 aromatic rings. The predicted octanol–water partition coefficient (Wildman–Crippen LogP) is 0.584. The molecule has 1 heterocycles. The number of carbonyl (C=O) groups is 1. The standard InChI is InChI=1S/C9H12ClN3O2S/c1-16-5-6(4-14)13-9(15)7-2-12-8(10)3-11-7/h2-3,6,14H,4-5H2,1H3,(H,13,15)/t6-/m0/s1. The van der Waals surface area contributed by atoms with Crippen molar-refractivity contribution in [3.05, 3.63) is 23.2 Å². The molecular weight excluding hydrogens is 250 g/mol. The Morgan fingerprint density at radius 1 is 1.62 bits per heavy atom. The van der Waals surface area contributed by atoms with Crippen molar-refractivity contribution in [2.45, 2.75) is 6.04 Å². The quantitative estimate of drug-likeness (QED) is 0.811. The van der Waals surface area contributed by atoms with Crippen LogP contribution in [0.25, 0.3) is 0 Å². The molecule has 0 saturated heterocycles. The summed E-state index contributed by atoms with van der Waals surface area (Å²) in [6.45, 7) is -0.104. The van der Waals surface area contributed by atoms with E-state index in [0.717, 1.165) is 0 Å². The molecule has 16 heavy (non-hydrogen) atoms. The first-order chi connectivity index (χ1) is 7.67. The maximum atomic E-state index is 11.6. The van der Waals surface area contributed by atoms with Gasteiger partial charge in [0.1, 0.15) is 10.8 Å². The molecule has 5 nitrogen and oxygen atoms in total. The molecule has 0 spiro atoms. The summed E-state index contributed by atoms with van der Waals surface area (Å²) in [6, 6.07) is -0.278. The Balaban J connectivity index is 2.60. The van der Waals surface area contributed by atoms with E-state index in [2.05, 4.69) is 15.3 Å². The number of hydrogen-bond donors (Lipinski definition) is 2. The zero-order chi connectivity index (χ0) is 12.0. The summed E-state index contributed by atoms with van der Waals surface area (Å²) in [5, 5.41) is 11.9. The molecule has 1 aromatic heterocycles. The van der Waals surface area contributed by atoms with E-state index < -0.39 is 0 Å². The number of thioether (sulfide) groups is 1. The fraction of sp³-hybridized carbons (Fsp3) is 0.444. The van der Waals surface area contributed by atoms with Crippen LogP contribution in [-0.4, -0.2) is 45.6 Å². The first-order valence-electron chi connectivity index (χ1n) is 4.55. The van der Waals surface area contributed by atoms with Crippen molar-refractivity contribution < 1.29 is 9.90 Å². The van der Waals surface area contributed by atoms with E-state index in [1.165, 1.54) is 12.4 Å². The summed E-state index contributed by atoms with van der Waals surface area (Å²) in [4.78, 5) is 19.2. The summed E-state index contributed by atoms with van der Waals surface area (Å²) < 4.78 is 0. The smallest absolute Gasteiger partial charge is 0.271 e. The van der Waals surface area contributed by atoms with Crippen molar-refractivity contribution in [2.75, 3.05) is 18.6 Å². The number of aliphatic hydroxyl groups excluding tert-OH is 1. The molecule has 0 bridgehead atoms. The zero-order valence-corrected chi connectivity index (χ0v) is 10.3. The number of amides is 1. The van der Waals surface area contributed by atoms with Gasteiger partial charge in [-0.2, -0.15) is 11.8 Å². The number of rotatable bonds is 5.